The van der Waals surface area contributed by atoms with Crippen molar-refractivity contribution < 1.29 is 9.47 Å². The van der Waals surface area contributed by atoms with Crippen LogP contribution in [0.1, 0.15) is 0 Å². The van der Waals surface area contributed by atoms with Crippen LogP contribution >= 0.6 is 0 Å². The summed E-state index contributed by atoms with van der Waals surface area (Å²) in [5.74, 6) is 1.11. The van der Waals surface area contributed by atoms with E-state index in [1.165, 1.54) is 6.26 Å². The zero-order chi connectivity index (χ0) is 8.23. The first-order valence-corrected chi connectivity index (χ1v) is 3.52. The fourth-order valence-electron chi connectivity index (χ4n) is 0.844. The molecule has 0 fully saturated rings. The van der Waals surface area contributed by atoms with Crippen molar-refractivity contribution in [2.24, 2.45) is 4.99 Å². The van der Waals surface area contributed by atoms with Gasteiger partial charge < -0.3 is 14.8 Å². The first-order chi connectivity index (χ1) is 5.97. The molecule has 2 aliphatic rings. The second-order valence-electron chi connectivity index (χ2n) is 2.16. The highest BCUT2D eigenvalue weighted by Crippen LogP contribution is 2.15. The van der Waals surface area contributed by atoms with Crippen LogP contribution in [0.3, 0.4) is 0 Å². The average molecular weight is 163 g/mol. The van der Waals surface area contributed by atoms with Crippen molar-refractivity contribution in [1.82, 2.24) is 5.32 Å². The van der Waals surface area contributed by atoms with Crippen molar-refractivity contribution in [2.75, 3.05) is 6.61 Å². The molecule has 0 aromatic heterocycles. The van der Waals surface area contributed by atoms with Gasteiger partial charge in [0.1, 0.15) is 19.1 Å². The lowest BCUT2D eigenvalue weighted by Crippen LogP contribution is -2.10. The van der Waals surface area contributed by atoms with E-state index in [1.54, 1.807) is 18.6 Å². The third kappa shape index (κ3) is 1.32. The average Bonchev–Trinajstić information content (AvgIpc) is 2.21. The number of hydrogen-bond donors (Lipinski definition) is 1. The molecule has 4 nitrogen and oxygen atoms in total. The molecule has 2 heterocycles. The second-order valence-corrected chi connectivity index (χ2v) is 2.16. The van der Waals surface area contributed by atoms with Gasteiger partial charge >= 0.3 is 0 Å². The lowest BCUT2D eigenvalue weighted by atomic mass is 10.4. The molecule has 1 radical (unpaired) electrons. The number of nitrogens with zero attached hydrogens (tertiary/aromatic N) is 1. The Kier molecular flexibility index (Phi) is 1.82. The third-order valence-electron chi connectivity index (χ3n) is 1.36. The van der Waals surface area contributed by atoms with Crippen LogP contribution in [0, 0.1) is 6.20 Å². The minimum atomic E-state index is 0.476. The van der Waals surface area contributed by atoms with Gasteiger partial charge in [-0.1, -0.05) is 0 Å². The molecule has 0 aliphatic carbocycles. The summed E-state index contributed by atoms with van der Waals surface area (Å²) in [5.41, 5.74) is 0. The molecule has 0 spiro atoms. The van der Waals surface area contributed by atoms with Crippen LogP contribution in [0.5, 0.6) is 0 Å². The van der Waals surface area contributed by atoms with E-state index in [-0.39, 0.29) is 0 Å². The van der Waals surface area contributed by atoms with E-state index < -0.39 is 0 Å². The summed E-state index contributed by atoms with van der Waals surface area (Å²) in [6.45, 7) is 0.476. The Labute approximate surface area is 69.9 Å². The number of hydrogen-bond acceptors (Lipinski definition) is 4. The van der Waals surface area contributed by atoms with E-state index in [2.05, 4.69) is 16.5 Å². The van der Waals surface area contributed by atoms with Crippen molar-refractivity contribution in [3.63, 3.8) is 0 Å². The molecule has 12 heavy (non-hydrogen) atoms. The summed E-state index contributed by atoms with van der Waals surface area (Å²) in [6, 6.07) is 0. The molecule has 2 rings (SSSR count). The highest BCUT2D eigenvalue weighted by molar-refractivity contribution is 5.61. The molecular weight excluding hydrogens is 156 g/mol. The topological polar surface area (TPSA) is 42.9 Å². The maximum atomic E-state index is 5.23. The predicted molar refractivity (Wildman–Crippen MR) is 42.6 cm³/mol. The summed E-state index contributed by atoms with van der Waals surface area (Å²) < 4.78 is 10.3. The van der Waals surface area contributed by atoms with Gasteiger partial charge in [0.05, 0.1) is 6.20 Å². The quantitative estimate of drug-likeness (QED) is 0.617. The van der Waals surface area contributed by atoms with E-state index >= 15 is 0 Å². The van der Waals surface area contributed by atoms with E-state index in [0.29, 0.717) is 18.1 Å². The van der Waals surface area contributed by atoms with Crippen molar-refractivity contribution >= 4 is 6.21 Å². The number of aliphatic imine (C=N–C) groups is 1. The number of ether oxygens (including phenoxy) is 2. The molecule has 0 saturated heterocycles. The molecule has 0 atom stereocenters. The zero-order valence-electron chi connectivity index (χ0n) is 6.28. The van der Waals surface area contributed by atoms with Crippen LogP contribution < -0.4 is 5.32 Å². The summed E-state index contributed by atoms with van der Waals surface area (Å²) in [4.78, 5) is 3.93. The van der Waals surface area contributed by atoms with Gasteiger partial charge in [-0.05, 0) is 0 Å². The van der Waals surface area contributed by atoms with Gasteiger partial charge in [0, 0.05) is 12.4 Å². The standard InChI is InChI=1S/C8H7N2O2/c1-3-11-7(5-9-1)8-6-10-2-4-12-8/h1-3,6,9H,4H2. The molecular formula is C8H7N2O2. The molecule has 0 bridgehead atoms. The maximum absolute atomic E-state index is 5.23. The Morgan fingerprint density at radius 2 is 2.58 bits per heavy atom. The number of nitrogens with one attached hydrogen (secondary N) is 1. The predicted octanol–water partition coefficient (Wildman–Crippen LogP) is 0.664. The van der Waals surface area contributed by atoms with Crippen molar-refractivity contribution in [2.45, 2.75) is 0 Å². The van der Waals surface area contributed by atoms with Crippen LogP contribution in [0.15, 0.2) is 35.2 Å². The van der Waals surface area contributed by atoms with Gasteiger partial charge in [-0.15, -0.1) is 0 Å². The zero-order valence-corrected chi connectivity index (χ0v) is 6.28. The van der Waals surface area contributed by atoms with E-state index in [4.69, 9.17) is 9.47 Å². The molecule has 4 heteroatoms. The monoisotopic (exact) mass is 163 g/mol. The molecule has 0 saturated carbocycles. The van der Waals surface area contributed by atoms with Gasteiger partial charge in [-0.3, -0.25) is 4.99 Å². The maximum Gasteiger partial charge on any atom is 0.195 e. The Hall–Kier alpha value is -1.71. The van der Waals surface area contributed by atoms with E-state index in [9.17, 15) is 0 Å². The van der Waals surface area contributed by atoms with Crippen molar-refractivity contribution in [3.05, 3.63) is 36.4 Å². The Morgan fingerprint density at radius 1 is 1.58 bits per heavy atom. The fraction of sp³-hybridized carbons (Fsp3) is 0.125. The van der Waals surface area contributed by atoms with Crippen LogP contribution in [-0.4, -0.2) is 12.8 Å². The summed E-state index contributed by atoms with van der Waals surface area (Å²) in [7, 11) is 0. The fourth-order valence-corrected chi connectivity index (χ4v) is 0.844. The Bertz CT molecular complexity index is 289. The van der Waals surface area contributed by atoms with Crippen LogP contribution in [0.4, 0.5) is 0 Å². The first-order valence-electron chi connectivity index (χ1n) is 3.52. The van der Waals surface area contributed by atoms with Gasteiger partial charge in [0.2, 0.25) is 0 Å². The summed E-state index contributed by atoms with van der Waals surface area (Å²) in [5, 5.41) is 2.77. The minimum absolute atomic E-state index is 0.476. The molecule has 0 aromatic carbocycles. The van der Waals surface area contributed by atoms with E-state index in [0.717, 1.165) is 0 Å². The first kappa shape index (κ1) is 6.97. The van der Waals surface area contributed by atoms with Gasteiger partial charge in [-0.25, -0.2) is 0 Å². The summed E-state index contributed by atoms with van der Waals surface area (Å²) >= 11 is 0. The smallest absolute Gasteiger partial charge is 0.195 e. The SMILES string of the molecule is [C]1=C(C2=CN=CCO2)OC=CN1. The molecule has 0 aromatic rings. The van der Waals surface area contributed by atoms with Crippen molar-refractivity contribution in [1.29, 1.82) is 0 Å². The third-order valence-corrected chi connectivity index (χ3v) is 1.36. The molecule has 2 aliphatic heterocycles. The van der Waals surface area contributed by atoms with Crippen LogP contribution in [0.25, 0.3) is 0 Å². The lowest BCUT2D eigenvalue weighted by molar-refractivity contribution is 0.214. The van der Waals surface area contributed by atoms with E-state index in [1.807, 2.05) is 0 Å². The molecule has 0 unspecified atom stereocenters. The summed E-state index contributed by atoms with van der Waals surface area (Å²) in [6.07, 6.45) is 9.20. The molecule has 0 amide bonds. The number of rotatable bonds is 1. The highest BCUT2D eigenvalue weighted by Gasteiger charge is 2.11. The lowest BCUT2D eigenvalue weighted by Gasteiger charge is -2.14. The second kappa shape index (κ2) is 3.13. The van der Waals surface area contributed by atoms with Gasteiger partial charge in [0.25, 0.3) is 0 Å². The normalized spacial score (nSPS) is 20.0. The minimum Gasteiger partial charge on any atom is -0.482 e. The van der Waals surface area contributed by atoms with Gasteiger partial charge in [0.15, 0.2) is 11.5 Å². The van der Waals surface area contributed by atoms with Gasteiger partial charge in [-0.2, -0.15) is 0 Å². The highest BCUT2D eigenvalue weighted by atomic mass is 16.5. The van der Waals surface area contributed by atoms with Crippen molar-refractivity contribution in [3.8, 4) is 0 Å². The Morgan fingerprint density at radius 3 is 3.25 bits per heavy atom. The molecule has 61 valence electrons. The Balaban J connectivity index is 2.13. The van der Waals surface area contributed by atoms with Crippen LogP contribution in [-0.2, 0) is 9.47 Å². The van der Waals surface area contributed by atoms with Crippen LogP contribution in [0.2, 0.25) is 0 Å². The molecule has 1 N–H and O–H groups in total. The largest absolute Gasteiger partial charge is 0.482 e.